The van der Waals surface area contributed by atoms with Crippen LogP contribution in [0.4, 0.5) is 5.69 Å². The molecule has 168 valence electrons. The normalized spacial score (nSPS) is 17.8. The van der Waals surface area contributed by atoms with Gasteiger partial charge in [0.1, 0.15) is 0 Å². The Hall–Kier alpha value is -1.61. The largest absolute Gasteiger partial charge is 0.371 e. The van der Waals surface area contributed by atoms with Crippen LogP contribution in [0.5, 0.6) is 0 Å². The predicted molar refractivity (Wildman–Crippen MR) is 126 cm³/mol. The lowest BCUT2D eigenvalue weighted by molar-refractivity contribution is 0.0787. The average Bonchev–Trinajstić information content (AvgIpc) is 3.45. The first-order chi connectivity index (χ1) is 14.9. The van der Waals surface area contributed by atoms with Gasteiger partial charge in [-0.25, -0.2) is 8.42 Å². The number of halogens is 1. The number of carbonyl (C=O) groups excluding carboxylic acids is 1. The van der Waals surface area contributed by atoms with E-state index in [1.54, 1.807) is 28.4 Å². The lowest BCUT2D eigenvalue weighted by Gasteiger charge is -2.28. The zero-order valence-electron chi connectivity index (χ0n) is 17.7. The number of carbonyl (C=O) groups is 1. The second kappa shape index (κ2) is 9.48. The average molecular weight is 482 g/mol. The minimum atomic E-state index is -3.61. The van der Waals surface area contributed by atoms with E-state index in [1.807, 2.05) is 18.2 Å². The van der Waals surface area contributed by atoms with Crippen molar-refractivity contribution in [1.82, 2.24) is 9.21 Å². The minimum absolute atomic E-state index is 0.179. The van der Waals surface area contributed by atoms with Crippen molar-refractivity contribution in [2.45, 2.75) is 43.5 Å². The molecule has 0 radical (unpaired) electrons. The molecule has 1 aromatic carbocycles. The fourth-order valence-electron chi connectivity index (χ4n) is 4.28. The van der Waals surface area contributed by atoms with E-state index in [0.717, 1.165) is 55.8 Å². The first-order valence-electron chi connectivity index (χ1n) is 10.7. The molecule has 0 N–H and O–H groups in total. The maximum absolute atomic E-state index is 13.5. The van der Waals surface area contributed by atoms with Crippen molar-refractivity contribution >= 4 is 44.6 Å². The number of thiophene rings is 1. The van der Waals surface area contributed by atoms with Gasteiger partial charge in [0.25, 0.3) is 5.91 Å². The Kier molecular flexibility index (Phi) is 6.91. The summed E-state index contributed by atoms with van der Waals surface area (Å²) in [7, 11) is -1.87. The summed E-state index contributed by atoms with van der Waals surface area (Å²) in [5, 5.41) is 0. The molecule has 3 heterocycles. The van der Waals surface area contributed by atoms with Crippen LogP contribution in [0.3, 0.4) is 0 Å². The van der Waals surface area contributed by atoms with E-state index in [0.29, 0.717) is 29.5 Å². The summed E-state index contributed by atoms with van der Waals surface area (Å²) in [5.41, 5.74) is 1.27. The lowest BCUT2D eigenvalue weighted by Crippen LogP contribution is -2.36. The van der Waals surface area contributed by atoms with Crippen LogP contribution in [0.1, 0.15) is 47.3 Å². The highest BCUT2D eigenvalue weighted by Gasteiger charge is 2.29. The molecular weight excluding hydrogens is 454 g/mol. The van der Waals surface area contributed by atoms with Crippen molar-refractivity contribution in [2.24, 2.45) is 0 Å². The summed E-state index contributed by atoms with van der Waals surface area (Å²) in [6, 6.07) is 8.78. The van der Waals surface area contributed by atoms with Crippen LogP contribution < -0.4 is 4.90 Å². The van der Waals surface area contributed by atoms with Gasteiger partial charge < -0.3 is 9.80 Å². The van der Waals surface area contributed by atoms with Gasteiger partial charge in [-0.2, -0.15) is 4.31 Å². The molecule has 0 unspecified atom stereocenters. The molecule has 0 saturated carbocycles. The van der Waals surface area contributed by atoms with Crippen molar-refractivity contribution in [3.63, 3.8) is 0 Å². The molecule has 0 atom stereocenters. The van der Waals surface area contributed by atoms with Gasteiger partial charge in [-0.05, 0) is 56.0 Å². The molecule has 2 aliphatic heterocycles. The van der Waals surface area contributed by atoms with Crippen LogP contribution >= 0.6 is 22.9 Å². The van der Waals surface area contributed by atoms with E-state index < -0.39 is 10.0 Å². The lowest BCUT2D eigenvalue weighted by atomic mass is 10.1. The first kappa shape index (κ1) is 22.6. The van der Waals surface area contributed by atoms with Gasteiger partial charge in [-0.15, -0.1) is 11.3 Å². The predicted octanol–water partition coefficient (Wildman–Crippen LogP) is 4.45. The monoisotopic (exact) mass is 481 g/mol. The number of nitrogens with zero attached hydrogens (tertiary/aromatic N) is 3. The third-order valence-corrected chi connectivity index (χ3v) is 9.08. The number of hydrogen-bond donors (Lipinski definition) is 0. The summed E-state index contributed by atoms with van der Waals surface area (Å²) in [6.45, 7) is 3.27. The maximum atomic E-state index is 13.5. The first-order valence-corrected chi connectivity index (χ1v) is 13.4. The number of hydrogen-bond acceptors (Lipinski definition) is 5. The van der Waals surface area contributed by atoms with E-state index in [4.69, 9.17) is 11.6 Å². The standard InChI is InChI=1S/C22H28ClN3O3S2/c1-24(16-17-7-10-21(23)30-17)22(27)19-15-18(8-9-20(19)25-11-5-6-12-25)31(28,29)26-13-3-2-4-14-26/h7-10,15H,2-6,11-14,16H2,1H3. The maximum Gasteiger partial charge on any atom is 0.256 e. The van der Waals surface area contributed by atoms with E-state index in [1.165, 1.54) is 11.3 Å². The molecule has 4 rings (SSSR count). The molecule has 2 fully saturated rings. The van der Waals surface area contributed by atoms with Crippen LogP contribution in [0.2, 0.25) is 4.34 Å². The van der Waals surface area contributed by atoms with Crippen LogP contribution in [-0.2, 0) is 16.6 Å². The molecule has 2 aliphatic rings. The van der Waals surface area contributed by atoms with Gasteiger partial charge in [0.05, 0.1) is 21.3 Å². The highest BCUT2D eigenvalue weighted by Crippen LogP contribution is 2.31. The topological polar surface area (TPSA) is 60.9 Å². The number of piperidine rings is 1. The van der Waals surface area contributed by atoms with Gasteiger partial charge in [0.15, 0.2) is 0 Å². The number of anilines is 1. The quantitative estimate of drug-likeness (QED) is 0.611. The molecule has 1 amide bonds. The summed E-state index contributed by atoms with van der Waals surface area (Å²) in [5.74, 6) is -0.179. The number of rotatable bonds is 6. The van der Waals surface area contributed by atoms with E-state index >= 15 is 0 Å². The van der Waals surface area contributed by atoms with Crippen molar-refractivity contribution < 1.29 is 13.2 Å². The van der Waals surface area contributed by atoms with E-state index in [9.17, 15) is 13.2 Å². The summed E-state index contributed by atoms with van der Waals surface area (Å²) >= 11 is 7.48. The fourth-order valence-corrected chi connectivity index (χ4v) is 6.97. The van der Waals surface area contributed by atoms with Crippen LogP contribution in [0.25, 0.3) is 0 Å². The molecule has 9 heteroatoms. The van der Waals surface area contributed by atoms with Crippen molar-refractivity contribution in [3.8, 4) is 0 Å². The molecule has 0 bridgehead atoms. The fraction of sp³-hybridized carbons (Fsp3) is 0.500. The summed E-state index contributed by atoms with van der Waals surface area (Å²) in [6.07, 6.45) is 4.96. The van der Waals surface area contributed by atoms with Crippen molar-refractivity contribution in [1.29, 1.82) is 0 Å². The molecule has 0 aliphatic carbocycles. The molecule has 6 nitrogen and oxygen atoms in total. The molecule has 1 aromatic heterocycles. The van der Waals surface area contributed by atoms with Crippen LogP contribution in [0.15, 0.2) is 35.2 Å². The number of amides is 1. The molecule has 0 spiro atoms. The number of benzene rings is 1. The zero-order chi connectivity index (χ0) is 22.0. The summed E-state index contributed by atoms with van der Waals surface area (Å²) in [4.78, 5) is 18.5. The van der Waals surface area contributed by atoms with Crippen molar-refractivity contribution in [3.05, 3.63) is 45.1 Å². The third-order valence-electron chi connectivity index (χ3n) is 5.97. The Balaban J connectivity index is 1.67. The third kappa shape index (κ3) is 4.92. The van der Waals surface area contributed by atoms with Gasteiger partial charge in [0, 0.05) is 43.8 Å². The molecule has 2 aromatic rings. The van der Waals surface area contributed by atoms with E-state index in [2.05, 4.69) is 4.90 Å². The van der Waals surface area contributed by atoms with Crippen LogP contribution in [-0.4, -0.2) is 56.8 Å². The van der Waals surface area contributed by atoms with Gasteiger partial charge in [-0.3, -0.25) is 4.79 Å². The Morgan fingerprint density at radius 2 is 1.71 bits per heavy atom. The Morgan fingerprint density at radius 1 is 1.03 bits per heavy atom. The zero-order valence-corrected chi connectivity index (χ0v) is 20.1. The smallest absolute Gasteiger partial charge is 0.256 e. The second-order valence-electron chi connectivity index (χ2n) is 8.20. The second-order valence-corrected chi connectivity index (χ2v) is 11.9. The SMILES string of the molecule is CN(Cc1ccc(Cl)s1)C(=O)c1cc(S(=O)(=O)N2CCCCC2)ccc1N1CCCC1. The Labute approximate surface area is 193 Å². The number of sulfonamides is 1. The Bertz CT molecular complexity index is 1040. The van der Waals surface area contributed by atoms with Crippen LogP contribution in [0, 0.1) is 0 Å². The van der Waals surface area contributed by atoms with Gasteiger partial charge in [0.2, 0.25) is 10.0 Å². The highest BCUT2D eigenvalue weighted by atomic mass is 35.5. The highest BCUT2D eigenvalue weighted by molar-refractivity contribution is 7.89. The molecule has 31 heavy (non-hydrogen) atoms. The molecular formula is C22H28ClN3O3S2. The van der Waals surface area contributed by atoms with Gasteiger partial charge in [-0.1, -0.05) is 18.0 Å². The van der Waals surface area contributed by atoms with Crippen molar-refractivity contribution in [2.75, 3.05) is 38.1 Å². The van der Waals surface area contributed by atoms with E-state index in [-0.39, 0.29) is 10.8 Å². The Morgan fingerprint density at radius 3 is 2.35 bits per heavy atom. The summed E-state index contributed by atoms with van der Waals surface area (Å²) < 4.78 is 28.7. The minimum Gasteiger partial charge on any atom is -0.371 e. The van der Waals surface area contributed by atoms with Gasteiger partial charge >= 0.3 is 0 Å². The molecule has 2 saturated heterocycles.